The molecule has 0 saturated heterocycles. The van der Waals surface area contributed by atoms with Crippen LogP contribution in [0, 0.1) is 6.92 Å². The van der Waals surface area contributed by atoms with Crippen molar-refractivity contribution in [3.05, 3.63) is 107 Å². The minimum Gasteiger partial charge on any atom is -0.431 e. The monoisotopic (exact) mass is 497 g/mol. The lowest BCUT2D eigenvalue weighted by molar-refractivity contribution is -0.115. The van der Waals surface area contributed by atoms with E-state index in [2.05, 4.69) is 10.3 Å². The Bertz CT molecular complexity index is 1370. The highest BCUT2D eigenvalue weighted by atomic mass is 32.2. The third-order valence-corrected chi connectivity index (χ3v) is 7.12. The molecule has 0 bridgehead atoms. The molecule has 2 heterocycles. The topological polar surface area (TPSA) is 68.0 Å². The van der Waals surface area contributed by atoms with E-state index >= 15 is 0 Å². The first-order chi connectivity index (χ1) is 17.2. The number of oxazole rings is 1. The Morgan fingerprint density at radius 3 is 2.34 bits per heavy atom. The predicted octanol–water partition coefficient (Wildman–Crippen LogP) is 7.25. The average molecular weight is 498 g/mol. The van der Waals surface area contributed by atoms with Gasteiger partial charge in [0.1, 0.15) is 10.7 Å². The lowest BCUT2D eigenvalue weighted by atomic mass is 10.1. The molecule has 5 aromatic rings. The van der Waals surface area contributed by atoms with Gasteiger partial charge in [0.25, 0.3) is 5.22 Å². The van der Waals surface area contributed by atoms with E-state index in [9.17, 15) is 4.79 Å². The molecule has 0 spiro atoms. The lowest BCUT2D eigenvalue weighted by Crippen LogP contribution is -2.15. The third kappa shape index (κ3) is 5.70. The maximum absolute atomic E-state index is 12.5. The first-order valence-corrected chi connectivity index (χ1v) is 13.1. The van der Waals surface area contributed by atoms with Gasteiger partial charge in [-0.25, -0.2) is 9.97 Å². The molecule has 2 aromatic heterocycles. The molecule has 7 heteroatoms. The van der Waals surface area contributed by atoms with Gasteiger partial charge in [-0.2, -0.15) is 0 Å². The number of carbonyl (C=O) groups is 1. The summed E-state index contributed by atoms with van der Waals surface area (Å²) < 4.78 is 6.19. The summed E-state index contributed by atoms with van der Waals surface area (Å²) in [6, 6.07) is 27.8. The summed E-state index contributed by atoms with van der Waals surface area (Å²) in [4.78, 5) is 21.9. The van der Waals surface area contributed by atoms with Crippen molar-refractivity contribution in [1.29, 1.82) is 0 Å². The Labute approximate surface area is 212 Å². The maximum atomic E-state index is 12.5. The molecule has 35 heavy (non-hydrogen) atoms. The van der Waals surface area contributed by atoms with E-state index in [1.807, 2.05) is 97.2 Å². The molecular formula is C28H23N3O2S2. The standard InChI is InChI=1S/C28H23N3O2S2/c1-19-10-8-9-15-23(19)30-24(32)16-25-29-22(17-34-25)18-35-28-31-26(20-11-4-2-5-12-20)27(33-28)21-13-6-3-7-14-21/h2-15,17H,16,18H2,1H3,(H,30,32). The number of thiazole rings is 1. The van der Waals surface area contributed by atoms with Crippen LogP contribution in [-0.4, -0.2) is 15.9 Å². The smallest absolute Gasteiger partial charge is 0.257 e. The van der Waals surface area contributed by atoms with Crippen LogP contribution in [0.15, 0.2) is 99.9 Å². The lowest BCUT2D eigenvalue weighted by Gasteiger charge is -2.06. The van der Waals surface area contributed by atoms with Crippen molar-refractivity contribution in [1.82, 2.24) is 9.97 Å². The zero-order valence-corrected chi connectivity index (χ0v) is 20.7. The van der Waals surface area contributed by atoms with Crippen molar-refractivity contribution < 1.29 is 9.21 Å². The van der Waals surface area contributed by atoms with E-state index in [1.54, 1.807) is 0 Å². The molecule has 1 N–H and O–H groups in total. The largest absolute Gasteiger partial charge is 0.431 e. The number of anilines is 1. The zero-order chi connectivity index (χ0) is 24.0. The molecule has 0 atom stereocenters. The number of hydrogen-bond donors (Lipinski definition) is 1. The molecular weight excluding hydrogens is 474 g/mol. The van der Waals surface area contributed by atoms with Crippen LogP contribution in [0.1, 0.15) is 16.3 Å². The van der Waals surface area contributed by atoms with Gasteiger partial charge in [0.2, 0.25) is 5.91 Å². The number of para-hydroxylation sites is 1. The second-order valence-corrected chi connectivity index (χ2v) is 9.82. The first kappa shape index (κ1) is 23.1. The summed E-state index contributed by atoms with van der Waals surface area (Å²) in [5.74, 6) is 1.30. The highest BCUT2D eigenvalue weighted by Crippen LogP contribution is 2.36. The summed E-state index contributed by atoms with van der Waals surface area (Å²) >= 11 is 2.99. The number of rotatable bonds is 8. The van der Waals surface area contributed by atoms with Crippen molar-refractivity contribution in [2.45, 2.75) is 24.3 Å². The normalized spacial score (nSPS) is 10.9. The molecule has 3 aromatic carbocycles. The molecule has 5 rings (SSSR count). The molecule has 0 aliphatic carbocycles. The first-order valence-electron chi connectivity index (χ1n) is 11.2. The van der Waals surface area contributed by atoms with Crippen molar-refractivity contribution in [2.75, 3.05) is 5.32 Å². The highest BCUT2D eigenvalue weighted by Gasteiger charge is 2.18. The molecule has 0 aliphatic rings. The number of hydrogen-bond acceptors (Lipinski definition) is 6. The van der Waals surface area contributed by atoms with Gasteiger partial charge >= 0.3 is 0 Å². The van der Waals surface area contributed by atoms with E-state index in [4.69, 9.17) is 9.40 Å². The Morgan fingerprint density at radius 1 is 0.914 bits per heavy atom. The van der Waals surface area contributed by atoms with Crippen LogP contribution in [-0.2, 0) is 17.0 Å². The number of amides is 1. The van der Waals surface area contributed by atoms with Gasteiger partial charge in [0.15, 0.2) is 5.76 Å². The van der Waals surface area contributed by atoms with Crippen molar-refractivity contribution in [3.63, 3.8) is 0 Å². The third-order valence-electron chi connectivity index (χ3n) is 5.36. The number of aryl methyl sites for hydroxylation is 1. The van der Waals surface area contributed by atoms with Crippen LogP contribution in [0.2, 0.25) is 0 Å². The number of aromatic nitrogens is 2. The number of thioether (sulfide) groups is 1. The van der Waals surface area contributed by atoms with E-state index in [1.165, 1.54) is 23.1 Å². The fraction of sp³-hybridized carbons (Fsp3) is 0.107. The molecule has 0 fully saturated rings. The van der Waals surface area contributed by atoms with Gasteiger partial charge < -0.3 is 9.73 Å². The van der Waals surface area contributed by atoms with Gasteiger partial charge in [0, 0.05) is 27.9 Å². The van der Waals surface area contributed by atoms with Crippen LogP contribution in [0.25, 0.3) is 22.6 Å². The minimum absolute atomic E-state index is 0.0689. The van der Waals surface area contributed by atoms with E-state index in [0.717, 1.165) is 44.5 Å². The fourth-order valence-electron chi connectivity index (χ4n) is 3.62. The zero-order valence-electron chi connectivity index (χ0n) is 19.1. The number of nitrogens with zero attached hydrogens (tertiary/aromatic N) is 2. The van der Waals surface area contributed by atoms with Crippen LogP contribution in [0.3, 0.4) is 0 Å². The van der Waals surface area contributed by atoms with Gasteiger partial charge in [-0.3, -0.25) is 4.79 Å². The Kier molecular flexibility index (Phi) is 7.07. The molecule has 0 radical (unpaired) electrons. The number of carbonyl (C=O) groups excluding carboxylic acids is 1. The minimum atomic E-state index is -0.0689. The Balaban J connectivity index is 1.27. The number of nitrogens with one attached hydrogen (secondary N) is 1. The molecule has 5 nitrogen and oxygen atoms in total. The molecule has 0 unspecified atom stereocenters. The van der Waals surface area contributed by atoms with Crippen LogP contribution < -0.4 is 5.32 Å². The van der Waals surface area contributed by atoms with Crippen molar-refractivity contribution >= 4 is 34.7 Å². The van der Waals surface area contributed by atoms with Gasteiger partial charge in [-0.15, -0.1) is 11.3 Å². The Morgan fingerprint density at radius 2 is 1.60 bits per heavy atom. The Hall–Kier alpha value is -3.68. The van der Waals surface area contributed by atoms with E-state index < -0.39 is 0 Å². The van der Waals surface area contributed by atoms with E-state index in [-0.39, 0.29) is 12.3 Å². The fourth-order valence-corrected chi connectivity index (χ4v) is 5.23. The highest BCUT2D eigenvalue weighted by molar-refractivity contribution is 7.98. The molecule has 174 valence electrons. The van der Waals surface area contributed by atoms with Crippen LogP contribution >= 0.6 is 23.1 Å². The second kappa shape index (κ2) is 10.7. The predicted molar refractivity (Wildman–Crippen MR) is 143 cm³/mol. The molecule has 0 aliphatic heterocycles. The van der Waals surface area contributed by atoms with Crippen molar-refractivity contribution in [3.8, 4) is 22.6 Å². The SMILES string of the molecule is Cc1ccccc1NC(=O)Cc1nc(CSc2nc(-c3ccccc3)c(-c3ccccc3)o2)cs1. The molecule has 0 saturated carbocycles. The number of benzene rings is 3. The van der Waals surface area contributed by atoms with Crippen molar-refractivity contribution in [2.24, 2.45) is 0 Å². The summed E-state index contributed by atoms with van der Waals surface area (Å²) in [5.41, 5.74) is 5.59. The average Bonchev–Trinajstić information content (AvgIpc) is 3.52. The van der Waals surface area contributed by atoms with Crippen LogP contribution in [0.4, 0.5) is 5.69 Å². The summed E-state index contributed by atoms with van der Waals surface area (Å²) in [6.07, 6.45) is 0.249. The van der Waals surface area contributed by atoms with Gasteiger partial charge in [0.05, 0.1) is 12.1 Å². The van der Waals surface area contributed by atoms with Gasteiger partial charge in [-0.1, -0.05) is 90.6 Å². The van der Waals surface area contributed by atoms with E-state index in [0.29, 0.717) is 11.0 Å². The van der Waals surface area contributed by atoms with Crippen LogP contribution in [0.5, 0.6) is 0 Å². The summed E-state index contributed by atoms with van der Waals surface area (Å²) in [6.45, 7) is 1.98. The maximum Gasteiger partial charge on any atom is 0.257 e. The summed E-state index contributed by atoms with van der Waals surface area (Å²) in [5, 5.41) is 6.33. The second-order valence-electron chi connectivity index (χ2n) is 7.95. The van der Waals surface area contributed by atoms with Gasteiger partial charge in [-0.05, 0) is 18.6 Å². The summed E-state index contributed by atoms with van der Waals surface area (Å²) in [7, 11) is 0. The molecule has 1 amide bonds. The quantitative estimate of drug-likeness (QED) is 0.229.